The van der Waals surface area contributed by atoms with E-state index in [2.05, 4.69) is 23.0 Å². The lowest BCUT2D eigenvalue weighted by atomic mass is 10.5. The second-order valence-corrected chi connectivity index (χ2v) is 3.90. The van der Waals surface area contributed by atoms with E-state index in [1.165, 1.54) is 11.7 Å². The fourth-order valence-corrected chi connectivity index (χ4v) is 1.82. The number of nitrogens with two attached hydrogens (primary N) is 1. The first kappa shape index (κ1) is 15.0. The van der Waals surface area contributed by atoms with Crippen LogP contribution in [0.3, 0.4) is 0 Å². The molecule has 0 saturated carbocycles. The van der Waals surface area contributed by atoms with Crippen LogP contribution in [-0.2, 0) is 0 Å². The Bertz CT molecular complexity index is 143. The molecule has 12 heavy (non-hydrogen) atoms. The number of quaternary nitrogens is 2. The number of rotatable bonds is 2. The second kappa shape index (κ2) is 8.13. The van der Waals surface area contributed by atoms with Crippen LogP contribution >= 0.6 is 11.8 Å². The summed E-state index contributed by atoms with van der Waals surface area (Å²) < 4.78 is 0. The zero-order chi connectivity index (χ0) is 7.40. The summed E-state index contributed by atoms with van der Waals surface area (Å²) >= 11 is 1.87. The number of thioether (sulfide) groups is 1. The van der Waals surface area contributed by atoms with Crippen LogP contribution in [0.4, 0.5) is 0 Å². The first-order valence-electron chi connectivity index (χ1n) is 3.66. The molecule has 1 aliphatic heterocycles. The van der Waals surface area contributed by atoms with Crippen molar-refractivity contribution in [1.29, 1.82) is 0 Å². The number of hydrogen-bond donors (Lipinski definition) is 2. The van der Waals surface area contributed by atoms with E-state index in [1.807, 2.05) is 11.8 Å². The van der Waals surface area contributed by atoms with Gasteiger partial charge in [0.1, 0.15) is 0 Å². The van der Waals surface area contributed by atoms with Gasteiger partial charge in [-0.25, -0.2) is 4.99 Å². The third-order valence-electron chi connectivity index (χ3n) is 1.37. The zero-order valence-electron chi connectivity index (χ0n) is 7.09. The lowest BCUT2D eigenvalue weighted by molar-refractivity contribution is -0.528. The van der Waals surface area contributed by atoms with Gasteiger partial charge < -0.3 is 30.5 Å². The van der Waals surface area contributed by atoms with Crippen LogP contribution in [0.5, 0.6) is 0 Å². The summed E-state index contributed by atoms with van der Waals surface area (Å²) in [6.45, 7) is 5.20. The smallest absolute Gasteiger partial charge is 0.256 e. The van der Waals surface area contributed by atoms with Gasteiger partial charge in [0.25, 0.3) is 5.17 Å². The molecule has 74 valence electrons. The highest BCUT2D eigenvalue weighted by Gasteiger charge is 2.20. The molecule has 1 saturated heterocycles. The highest BCUT2D eigenvalue weighted by atomic mass is 35.5. The largest absolute Gasteiger partial charge is 1.00 e. The number of nitrogens with zero attached hydrogens (tertiary/aromatic N) is 1. The Hall–Kier alpha value is 0.520. The molecule has 0 aliphatic carbocycles. The molecule has 0 amide bonds. The average molecular weight is 232 g/mol. The van der Waals surface area contributed by atoms with Crippen LogP contribution in [-0.4, -0.2) is 30.1 Å². The molecule has 0 aromatic rings. The predicted octanol–water partition coefficient (Wildman–Crippen LogP) is -7.71. The maximum atomic E-state index is 4.35. The zero-order valence-corrected chi connectivity index (χ0v) is 9.42. The van der Waals surface area contributed by atoms with Crippen molar-refractivity contribution in [2.24, 2.45) is 4.99 Å². The van der Waals surface area contributed by atoms with Gasteiger partial charge >= 0.3 is 0 Å². The molecule has 1 heterocycles. The van der Waals surface area contributed by atoms with E-state index in [-0.39, 0.29) is 24.8 Å². The monoisotopic (exact) mass is 231 g/mol. The summed E-state index contributed by atoms with van der Waals surface area (Å²) in [4.78, 5) is 4.35. The van der Waals surface area contributed by atoms with Gasteiger partial charge in [-0.3, -0.25) is 5.32 Å². The molecule has 0 bridgehead atoms. The molecule has 5 N–H and O–H groups in total. The number of aliphatic imine (C=N–C) groups is 1. The third-order valence-corrected chi connectivity index (χ3v) is 2.50. The van der Waals surface area contributed by atoms with Crippen LogP contribution in [0.2, 0.25) is 0 Å². The van der Waals surface area contributed by atoms with Crippen molar-refractivity contribution >= 4 is 16.9 Å². The molecule has 1 fully saturated rings. The Morgan fingerprint density at radius 3 is 2.75 bits per heavy atom. The summed E-state index contributed by atoms with van der Waals surface area (Å²) in [6, 6.07) is 0. The van der Waals surface area contributed by atoms with Gasteiger partial charge in [0.2, 0.25) is 0 Å². The lowest BCUT2D eigenvalue weighted by Crippen LogP contribution is -3.00. The van der Waals surface area contributed by atoms with Crippen LogP contribution in [0, 0.1) is 0 Å². The van der Waals surface area contributed by atoms with E-state index < -0.39 is 0 Å². The normalized spacial score (nSPS) is 24.8. The van der Waals surface area contributed by atoms with Crippen molar-refractivity contribution in [3.63, 3.8) is 0 Å². The molecule has 0 spiro atoms. The van der Waals surface area contributed by atoms with Gasteiger partial charge in [-0.15, -0.1) is 0 Å². The molecule has 1 atom stereocenters. The lowest BCUT2D eigenvalue weighted by Gasteiger charge is -1.87. The molecular weight excluding hydrogens is 217 g/mol. The van der Waals surface area contributed by atoms with Crippen LogP contribution < -0.4 is 35.9 Å². The van der Waals surface area contributed by atoms with E-state index in [9.17, 15) is 0 Å². The Labute approximate surface area is 89.8 Å². The molecular formula is C6H15Cl2N3S. The van der Waals surface area contributed by atoms with Gasteiger partial charge in [0, 0.05) is 0 Å². The molecule has 1 rings (SSSR count). The Morgan fingerprint density at radius 1 is 1.67 bits per heavy atom. The van der Waals surface area contributed by atoms with Crippen LogP contribution in [0.25, 0.3) is 0 Å². The Balaban J connectivity index is 0. The molecule has 0 aromatic carbocycles. The van der Waals surface area contributed by atoms with Crippen molar-refractivity contribution in [2.45, 2.75) is 12.2 Å². The fraction of sp³-hybridized carbons (Fsp3) is 0.833. The highest BCUT2D eigenvalue weighted by Crippen LogP contribution is 2.11. The van der Waals surface area contributed by atoms with Crippen molar-refractivity contribution in [3.8, 4) is 0 Å². The summed E-state index contributed by atoms with van der Waals surface area (Å²) in [5.74, 6) is 0. The maximum absolute atomic E-state index is 4.35. The number of hydrogen-bond acceptors (Lipinski definition) is 2. The van der Waals surface area contributed by atoms with E-state index in [1.54, 1.807) is 0 Å². The van der Waals surface area contributed by atoms with Crippen LogP contribution in [0.1, 0.15) is 6.92 Å². The van der Waals surface area contributed by atoms with Gasteiger partial charge in [0.05, 0.1) is 24.9 Å². The van der Waals surface area contributed by atoms with Crippen molar-refractivity contribution in [1.82, 2.24) is 0 Å². The average Bonchev–Trinajstić information content (AvgIpc) is 2.31. The standard InChI is InChI=1S/C6H13N3S.2ClH/c1-5-4-9-6(10-5)8-3-2-7;;/h5H,2-4,7H2,1H3,(H,8,9);2*1H. The van der Waals surface area contributed by atoms with Gasteiger partial charge in [-0.2, -0.15) is 0 Å². The van der Waals surface area contributed by atoms with E-state index >= 15 is 0 Å². The molecule has 6 heteroatoms. The number of amidine groups is 1. The Kier molecular flexibility index (Phi) is 10.2. The molecule has 1 aliphatic rings. The van der Waals surface area contributed by atoms with Crippen molar-refractivity contribution in [2.75, 3.05) is 19.6 Å². The minimum Gasteiger partial charge on any atom is -1.00 e. The first-order valence-corrected chi connectivity index (χ1v) is 4.54. The topological polar surface area (TPSA) is 56.6 Å². The van der Waals surface area contributed by atoms with Gasteiger partial charge in [0.15, 0.2) is 0 Å². The summed E-state index contributed by atoms with van der Waals surface area (Å²) in [7, 11) is 0. The Morgan fingerprint density at radius 2 is 2.33 bits per heavy atom. The van der Waals surface area contributed by atoms with Gasteiger partial charge in [-0.05, 0) is 18.7 Å². The molecule has 1 unspecified atom stereocenters. The highest BCUT2D eigenvalue weighted by molar-refractivity contribution is 8.14. The fourth-order valence-electron chi connectivity index (χ4n) is 0.860. The van der Waals surface area contributed by atoms with Gasteiger partial charge in [-0.1, -0.05) is 0 Å². The van der Waals surface area contributed by atoms with Crippen molar-refractivity contribution < 1.29 is 35.9 Å². The second-order valence-electron chi connectivity index (χ2n) is 2.44. The summed E-state index contributed by atoms with van der Waals surface area (Å²) in [5, 5.41) is 4.17. The summed E-state index contributed by atoms with van der Waals surface area (Å²) in [6.07, 6.45) is 0. The van der Waals surface area contributed by atoms with E-state index in [0.29, 0.717) is 0 Å². The quantitative estimate of drug-likeness (QED) is 0.488. The van der Waals surface area contributed by atoms with E-state index in [0.717, 1.165) is 18.3 Å². The minimum absolute atomic E-state index is 0. The predicted molar refractivity (Wildman–Crippen MR) is 43.9 cm³/mol. The third kappa shape index (κ3) is 5.22. The van der Waals surface area contributed by atoms with Crippen molar-refractivity contribution in [3.05, 3.63) is 0 Å². The molecule has 0 aromatic heterocycles. The van der Waals surface area contributed by atoms with Crippen LogP contribution in [0.15, 0.2) is 4.99 Å². The number of halogens is 2. The maximum Gasteiger partial charge on any atom is 0.256 e. The first-order chi connectivity index (χ1) is 4.83. The molecule has 3 nitrogen and oxygen atoms in total. The molecule has 0 radical (unpaired) electrons. The summed E-state index contributed by atoms with van der Waals surface area (Å²) in [5.41, 5.74) is 3.74. The van der Waals surface area contributed by atoms with E-state index in [4.69, 9.17) is 0 Å². The minimum atomic E-state index is 0. The SMILES string of the molecule is CC1C[NH2+]C(=NCC[NH3+])S1.[Cl-].[Cl-].